The second-order valence-corrected chi connectivity index (χ2v) is 37.5. The highest BCUT2D eigenvalue weighted by molar-refractivity contribution is 7.07. The van der Waals surface area contributed by atoms with Gasteiger partial charge in [0, 0.05) is 24.7 Å². The molecule has 5 nitrogen and oxygen atoms in total. The third-order valence-electron chi connectivity index (χ3n) is 11.8. The summed E-state index contributed by atoms with van der Waals surface area (Å²) < 4.78 is 39.6. The second-order valence-electron chi connectivity index (χ2n) is 16.9. The molecule has 0 saturated heterocycles. The third-order valence-corrected chi connectivity index (χ3v) is 38.5. The lowest BCUT2D eigenvalue weighted by Crippen LogP contribution is -2.75. The highest BCUT2D eigenvalue weighted by Gasteiger charge is 2.59. The summed E-state index contributed by atoms with van der Waals surface area (Å²) in [4.78, 5) is 0. The van der Waals surface area contributed by atoms with Gasteiger partial charge in [0.05, 0.1) is 0 Å². The quantitative estimate of drug-likeness (QED) is 0.0586. The summed E-state index contributed by atoms with van der Waals surface area (Å²) in [6.45, 7) is 8.29. The molecule has 11 heteroatoms. The minimum atomic E-state index is -4.11. The molecule has 66 heavy (non-hydrogen) atoms. The van der Waals surface area contributed by atoms with Crippen molar-refractivity contribution in [1.82, 2.24) is 0 Å². The van der Waals surface area contributed by atoms with Gasteiger partial charge < -0.3 is 20.6 Å². The van der Waals surface area contributed by atoms with Gasteiger partial charge in [0.25, 0.3) is 25.0 Å². The zero-order valence-corrected chi connectivity index (χ0v) is 44.1. The molecule has 7 aromatic rings. The molecule has 0 amide bonds. The van der Waals surface area contributed by atoms with Crippen LogP contribution in [0.3, 0.4) is 0 Å². The second kappa shape index (κ2) is 21.3. The van der Waals surface area contributed by atoms with Gasteiger partial charge in [-0.05, 0) is 55.9 Å². The van der Waals surface area contributed by atoms with Crippen molar-refractivity contribution in [3.05, 3.63) is 212 Å². The summed E-state index contributed by atoms with van der Waals surface area (Å²) in [5.41, 5.74) is 0. The summed E-state index contributed by atoms with van der Waals surface area (Å²) >= 11 is 0. The van der Waals surface area contributed by atoms with Crippen LogP contribution in [0.4, 0.5) is 0 Å². The van der Waals surface area contributed by atoms with Crippen molar-refractivity contribution in [3.8, 4) is 37.0 Å². The number of hydrogen-bond donors (Lipinski definition) is 0. The lowest BCUT2D eigenvalue weighted by atomic mass is 10.4. The first kappa shape index (κ1) is 48.3. The van der Waals surface area contributed by atoms with Gasteiger partial charge >= 0.3 is 25.9 Å². The van der Waals surface area contributed by atoms with Crippen LogP contribution < -0.4 is 36.3 Å². The van der Waals surface area contributed by atoms with E-state index in [2.05, 4.69) is 122 Å². The fraction of sp³-hybridized carbons (Fsp3) is 0.127. The minimum Gasteiger partial charge on any atom is -0.428 e. The first-order valence-electron chi connectivity index (χ1n) is 22.2. The van der Waals surface area contributed by atoms with Gasteiger partial charge in [-0.1, -0.05) is 212 Å². The minimum absolute atomic E-state index is 0.317. The number of hydrogen-bond acceptors (Lipinski definition) is 5. The van der Waals surface area contributed by atoms with Gasteiger partial charge in [-0.2, -0.15) is 0 Å². The third kappa shape index (κ3) is 10.6. The van der Waals surface area contributed by atoms with E-state index in [4.69, 9.17) is 39.8 Å². The van der Waals surface area contributed by atoms with Crippen LogP contribution in [0.1, 0.15) is 0 Å². The van der Waals surface area contributed by atoms with E-state index in [0.29, 0.717) is 18.1 Å². The summed E-state index contributed by atoms with van der Waals surface area (Å²) in [6.07, 6.45) is 19.1. The van der Waals surface area contributed by atoms with Crippen molar-refractivity contribution in [3.63, 3.8) is 0 Å². The van der Waals surface area contributed by atoms with Crippen LogP contribution in [0.2, 0.25) is 44.3 Å². The maximum absolute atomic E-state index is 8.02. The molecule has 0 N–H and O–H groups in total. The Morgan fingerprint density at radius 3 is 0.818 bits per heavy atom. The Labute approximate surface area is 399 Å². The molecule has 0 aromatic heterocycles. The topological polar surface area (TPSA) is 46.2 Å². The Bertz CT molecular complexity index is 2630. The first-order valence-corrected chi connectivity index (χ1v) is 35.9. The molecule has 330 valence electrons. The van der Waals surface area contributed by atoms with Gasteiger partial charge in [-0.25, -0.2) is 0 Å². The zero-order chi connectivity index (χ0) is 46.6. The highest BCUT2D eigenvalue weighted by atomic mass is 28.5. The average Bonchev–Trinajstić information content (AvgIpc) is 3.35. The van der Waals surface area contributed by atoms with Crippen molar-refractivity contribution in [2.75, 3.05) is 0 Å². The predicted molar refractivity (Wildman–Crippen MR) is 287 cm³/mol. The van der Waals surface area contributed by atoms with Gasteiger partial charge in [0.15, 0.2) is 0 Å². The first-order chi connectivity index (χ1) is 32.0. The fourth-order valence-electron chi connectivity index (χ4n) is 9.08. The van der Waals surface area contributed by atoms with Crippen LogP contribution in [0.5, 0.6) is 0 Å². The Kier molecular flexibility index (Phi) is 15.6. The van der Waals surface area contributed by atoms with Crippen LogP contribution in [0, 0.1) is 37.0 Å². The zero-order valence-electron chi connectivity index (χ0n) is 38.1. The molecule has 0 fully saturated rings. The van der Waals surface area contributed by atoms with Crippen molar-refractivity contribution < 1.29 is 20.6 Å². The molecular weight excluding hydrogens is 909 g/mol. The predicted octanol–water partition coefficient (Wildman–Crippen LogP) is 7.50. The molecule has 2 atom stereocenters. The lowest BCUT2D eigenvalue weighted by Gasteiger charge is -2.48. The van der Waals surface area contributed by atoms with Crippen LogP contribution in [-0.2, 0) is 20.6 Å². The van der Waals surface area contributed by atoms with Crippen molar-refractivity contribution >= 4 is 87.2 Å². The van der Waals surface area contributed by atoms with Crippen LogP contribution >= 0.6 is 0 Å². The van der Waals surface area contributed by atoms with Gasteiger partial charge in [-0.15, -0.1) is 37.0 Å². The smallest absolute Gasteiger partial charge is 0.428 e. The summed E-state index contributed by atoms with van der Waals surface area (Å²) in [7, 11) is -21.2. The van der Waals surface area contributed by atoms with Crippen LogP contribution in [0.25, 0.3) is 0 Å². The van der Waals surface area contributed by atoms with Crippen molar-refractivity contribution in [2.24, 2.45) is 0 Å². The van der Waals surface area contributed by atoms with Gasteiger partial charge in [0.2, 0.25) is 0 Å². The van der Waals surface area contributed by atoms with Gasteiger partial charge in [0.1, 0.15) is 0 Å². The molecule has 0 aliphatic rings. The molecule has 0 bridgehead atoms. The van der Waals surface area contributed by atoms with E-state index in [9.17, 15) is 0 Å². The fourth-order valence-corrected chi connectivity index (χ4v) is 39.6. The van der Waals surface area contributed by atoms with E-state index in [1.54, 1.807) is 0 Å². The monoisotopic (exact) mass is 964 g/mol. The molecule has 7 aromatic carbocycles. The Balaban J connectivity index is 1.47. The lowest BCUT2D eigenvalue weighted by molar-refractivity contribution is 0.220. The Hall–Kier alpha value is -5.68. The molecule has 0 radical (unpaired) electrons. The highest BCUT2D eigenvalue weighted by Crippen LogP contribution is 2.32. The van der Waals surface area contributed by atoms with E-state index in [1.165, 1.54) is 0 Å². The number of rotatable bonds is 20. The van der Waals surface area contributed by atoms with Crippen molar-refractivity contribution in [1.29, 1.82) is 0 Å². The summed E-state index contributed by atoms with van der Waals surface area (Å²) in [5, 5.41) is 7.08. The SMILES string of the molecule is C#CC[Si](O[Si](C)(C)O[Si](C)(O[Si](C)(O[Si](CC#C)(c1ccccc1)c1ccccc1)c1ccccc1)O[Si](CC#C)(c1ccccc1)c1ccccc1)(c1ccccc1)c1ccccc1. The average molecular weight is 966 g/mol. The van der Waals surface area contributed by atoms with Crippen LogP contribution in [-0.4, -0.2) is 50.9 Å². The largest absolute Gasteiger partial charge is 0.470 e. The van der Waals surface area contributed by atoms with Gasteiger partial charge in [-0.3, -0.25) is 0 Å². The van der Waals surface area contributed by atoms with E-state index in [-0.39, 0.29) is 0 Å². The van der Waals surface area contributed by atoms with E-state index < -0.39 is 50.9 Å². The number of terminal acetylenes is 3. The van der Waals surface area contributed by atoms with E-state index in [1.807, 2.05) is 134 Å². The maximum atomic E-state index is 8.02. The molecule has 0 aliphatic carbocycles. The maximum Gasteiger partial charge on any atom is 0.470 e. The summed E-state index contributed by atoms with van der Waals surface area (Å²) in [6, 6.07) is 73.3. The Morgan fingerprint density at radius 2 is 0.545 bits per heavy atom. The summed E-state index contributed by atoms with van der Waals surface area (Å²) in [5.74, 6) is 9.15. The standard InChI is InChI=1S/C55H56O5Si6/c1-8-46-64(50-34-20-12-21-35-50,51-36-22-13-23-37-51)57-61(4,5)56-63(7,60-66(48-10-3,54-42-28-16-29-43-54)55-44-30-17-31-45-55)58-62(6,49-32-18-11-19-33-49)59-65(47-9-2,52-38-24-14-25-39-52)53-40-26-15-27-41-53/h1-3,11-45H,46-48H2,4-7H3. The molecule has 0 saturated carbocycles. The molecular formula is C55H56O5Si6. The Morgan fingerprint density at radius 1 is 0.303 bits per heavy atom. The van der Waals surface area contributed by atoms with E-state index in [0.717, 1.165) is 36.3 Å². The molecule has 0 heterocycles. The molecule has 0 spiro atoms. The van der Waals surface area contributed by atoms with E-state index >= 15 is 0 Å². The molecule has 2 unspecified atom stereocenters. The van der Waals surface area contributed by atoms with Crippen LogP contribution in [0.15, 0.2) is 212 Å². The van der Waals surface area contributed by atoms with Crippen molar-refractivity contribution in [2.45, 2.75) is 44.3 Å². The molecule has 0 aliphatic heterocycles. The normalized spacial score (nSPS) is 13.8. The number of benzene rings is 7. The molecule has 7 rings (SSSR count).